The van der Waals surface area contributed by atoms with Gasteiger partial charge < -0.3 is 10.4 Å². The minimum atomic E-state index is -0.288. The molecule has 2 N–H and O–H groups in total. The number of hydrogen-bond acceptors (Lipinski definition) is 3. The van der Waals surface area contributed by atoms with Crippen LogP contribution in [0.15, 0.2) is 18.2 Å². The number of carbonyl (C=O) groups excluding carboxylic acids is 1. The Morgan fingerprint density at radius 3 is 2.90 bits per heavy atom. The number of fused-ring (bicyclic) bond motifs is 1. The van der Waals surface area contributed by atoms with Crippen LogP contribution in [0.25, 0.3) is 10.1 Å². The summed E-state index contributed by atoms with van der Waals surface area (Å²) in [4.78, 5) is 12.7. The van der Waals surface area contributed by atoms with Crippen LogP contribution in [-0.4, -0.2) is 24.2 Å². The summed E-state index contributed by atoms with van der Waals surface area (Å²) in [6, 6.07) is 4.88. The van der Waals surface area contributed by atoms with E-state index in [9.17, 15) is 9.18 Å². The lowest BCUT2D eigenvalue weighted by atomic mass is 10.1. The minimum Gasteiger partial charge on any atom is -0.396 e. The molecule has 1 aromatic heterocycles. The number of rotatable bonds is 5. The monoisotopic (exact) mass is 295 g/mol. The molecule has 1 amide bonds. The van der Waals surface area contributed by atoms with Crippen molar-refractivity contribution >= 4 is 27.3 Å². The molecule has 108 valence electrons. The van der Waals surface area contributed by atoms with Gasteiger partial charge in [0.1, 0.15) is 5.82 Å². The second-order valence-electron chi connectivity index (χ2n) is 5.00. The van der Waals surface area contributed by atoms with Crippen LogP contribution in [0.2, 0.25) is 0 Å². The third-order valence-electron chi connectivity index (χ3n) is 3.34. The topological polar surface area (TPSA) is 49.3 Å². The summed E-state index contributed by atoms with van der Waals surface area (Å²) in [5.41, 5.74) is 0.690. The Morgan fingerprint density at radius 2 is 2.25 bits per heavy atom. The molecule has 0 aliphatic carbocycles. The third-order valence-corrected chi connectivity index (χ3v) is 4.60. The SMILES string of the molecule is Cc1c(C(=O)NCC(C)CCO)sc2cccc(F)c12. The van der Waals surface area contributed by atoms with Gasteiger partial charge in [0.15, 0.2) is 0 Å². The fourth-order valence-electron chi connectivity index (χ4n) is 2.14. The molecule has 1 unspecified atom stereocenters. The lowest BCUT2D eigenvalue weighted by Gasteiger charge is -2.10. The highest BCUT2D eigenvalue weighted by atomic mass is 32.1. The summed E-state index contributed by atoms with van der Waals surface area (Å²) in [5.74, 6) is -0.243. The molecule has 3 nitrogen and oxygen atoms in total. The number of carbonyl (C=O) groups is 1. The quantitative estimate of drug-likeness (QED) is 0.890. The van der Waals surface area contributed by atoms with E-state index in [0.717, 1.165) is 4.70 Å². The van der Waals surface area contributed by atoms with Crippen LogP contribution < -0.4 is 5.32 Å². The molecule has 0 bridgehead atoms. The van der Waals surface area contributed by atoms with Gasteiger partial charge in [-0.1, -0.05) is 13.0 Å². The van der Waals surface area contributed by atoms with Crippen molar-refractivity contribution in [1.82, 2.24) is 5.32 Å². The zero-order valence-electron chi connectivity index (χ0n) is 11.6. The Morgan fingerprint density at radius 1 is 1.50 bits per heavy atom. The molecule has 5 heteroatoms. The van der Waals surface area contributed by atoms with Crippen LogP contribution in [0, 0.1) is 18.7 Å². The van der Waals surface area contributed by atoms with Crippen molar-refractivity contribution in [3.63, 3.8) is 0 Å². The molecule has 2 rings (SSSR count). The van der Waals surface area contributed by atoms with Crippen molar-refractivity contribution in [2.24, 2.45) is 5.92 Å². The Balaban J connectivity index is 2.19. The predicted octanol–water partition coefficient (Wildman–Crippen LogP) is 3.10. The lowest BCUT2D eigenvalue weighted by Crippen LogP contribution is -2.28. The molecule has 1 atom stereocenters. The molecule has 0 radical (unpaired) electrons. The molecule has 0 saturated heterocycles. The molecule has 0 fully saturated rings. The second-order valence-corrected chi connectivity index (χ2v) is 6.05. The van der Waals surface area contributed by atoms with Crippen LogP contribution in [0.3, 0.4) is 0 Å². The Hall–Kier alpha value is -1.46. The van der Waals surface area contributed by atoms with Gasteiger partial charge >= 0.3 is 0 Å². The number of nitrogens with one attached hydrogen (secondary N) is 1. The van der Waals surface area contributed by atoms with Crippen molar-refractivity contribution in [1.29, 1.82) is 0 Å². The molecule has 0 aliphatic heterocycles. The van der Waals surface area contributed by atoms with E-state index >= 15 is 0 Å². The van der Waals surface area contributed by atoms with E-state index in [2.05, 4.69) is 5.32 Å². The highest BCUT2D eigenvalue weighted by Crippen LogP contribution is 2.32. The van der Waals surface area contributed by atoms with Gasteiger partial charge in [-0.25, -0.2) is 4.39 Å². The van der Waals surface area contributed by atoms with Gasteiger partial charge in [0, 0.05) is 23.2 Å². The van der Waals surface area contributed by atoms with Crippen molar-refractivity contribution in [2.45, 2.75) is 20.3 Å². The normalized spacial score (nSPS) is 12.6. The molecule has 1 aromatic carbocycles. The highest BCUT2D eigenvalue weighted by molar-refractivity contribution is 7.21. The zero-order chi connectivity index (χ0) is 14.7. The molecule has 0 saturated carbocycles. The molecule has 2 aromatic rings. The molecule has 20 heavy (non-hydrogen) atoms. The van der Waals surface area contributed by atoms with E-state index in [1.807, 2.05) is 13.0 Å². The van der Waals surface area contributed by atoms with Crippen molar-refractivity contribution in [3.05, 3.63) is 34.5 Å². The number of halogens is 1. The maximum Gasteiger partial charge on any atom is 0.261 e. The van der Waals surface area contributed by atoms with Gasteiger partial charge in [0.25, 0.3) is 5.91 Å². The summed E-state index contributed by atoms with van der Waals surface area (Å²) in [5, 5.41) is 12.2. The summed E-state index contributed by atoms with van der Waals surface area (Å²) in [6.07, 6.45) is 0.653. The lowest BCUT2D eigenvalue weighted by molar-refractivity contribution is 0.0949. The van der Waals surface area contributed by atoms with E-state index in [0.29, 0.717) is 28.8 Å². The number of thiophene rings is 1. The minimum absolute atomic E-state index is 0.115. The molecule has 0 spiro atoms. The highest BCUT2D eigenvalue weighted by Gasteiger charge is 2.17. The number of amides is 1. The second kappa shape index (κ2) is 6.33. The summed E-state index contributed by atoms with van der Waals surface area (Å²) in [6.45, 7) is 4.36. The van der Waals surface area contributed by atoms with E-state index in [1.165, 1.54) is 17.4 Å². The van der Waals surface area contributed by atoms with Gasteiger partial charge in [-0.3, -0.25) is 4.79 Å². The standard InChI is InChI=1S/C15H18FNO2S/c1-9(6-7-18)8-17-15(19)14-10(2)13-11(16)4-3-5-12(13)20-14/h3-5,9,18H,6-8H2,1-2H3,(H,17,19). The first-order chi connectivity index (χ1) is 9.54. The van der Waals surface area contributed by atoms with Crippen molar-refractivity contribution in [2.75, 3.05) is 13.2 Å². The fourth-order valence-corrected chi connectivity index (χ4v) is 3.28. The molecular formula is C15H18FNO2S. The van der Waals surface area contributed by atoms with Crippen LogP contribution in [0.1, 0.15) is 28.6 Å². The van der Waals surface area contributed by atoms with Crippen molar-refractivity contribution in [3.8, 4) is 0 Å². The third kappa shape index (κ3) is 2.99. The zero-order valence-corrected chi connectivity index (χ0v) is 12.4. The molecule has 1 heterocycles. The number of aliphatic hydroxyl groups excluding tert-OH is 1. The number of hydrogen-bond donors (Lipinski definition) is 2. The van der Waals surface area contributed by atoms with E-state index in [4.69, 9.17) is 5.11 Å². The maximum atomic E-state index is 13.8. The summed E-state index contributed by atoms with van der Waals surface area (Å²) in [7, 11) is 0. The van der Waals surface area contributed by atoms with Gasteiger partial charge in [-0.05, 0) is 37.0 Å². The molecular weight excluding hydrogens is 277 g/mol. The number of aryl methyl sites for hydroxylation is 1. The van der Waals surface area contributed by atoms with Gasteiger partial charge in [-0.15, -0.1) is 11.3 Å². The molecule has 0 aliphatic rings. The number of aliphatic hydroxyl groups is 1. The van der Waals surface area contributed by atoms with Gasteiger partial charge in [-0.2, -0.15) is 0 Å². The van der Waals surface area contributed by atoms with E-state index in [-0.39, 0.29) is 24.2 Å². The van der Waals surface area contributed by atoms with Crippen LogP contribution in [-0.2, 0) is 0 Å². The first-order valence-corrected chi connectivity index (χ1v) is 7.43. The average molecular weight is 295 g/mol. The first-order valence-electron chi connectivity index (χ1n) is 6.61. The summed E-state index contributed by atoms with van der Waals surface area (Å²) >= 11 is 1.31. The predicted molar refractivity (Wildman–Crippen MR) is 79.7 cm³/mol. The van der Waals surface area contributed by atoms with Gasteiger partial charge in [0.2, 0.25) is 0 Å². The van der Waals surface area contributed by atoms with Gasteiger partial charge in [0.05, 0.1) is 4.88 Å². The Bertz CT molecular complexity index is 624. The first kappa shape index (κ1) is 14.9. The van der Waals surface area contributed by atoms with E-state index in [1.54, 1.807) is 13.0 Å². The summed E-state index contributed by atoms with van der Waals surface area (Å²) < 4.78 is 14.6. The van der Waals surface area contributed by atoms with E-state index < -0.39 is 0 Å². The Kier molecular flexibility index (Phi) is 4.73. The maximum absolute atomic E-state index is 13.8. The fraction of sp³-hybridized carbons (Fsp3) is 0.400. The number of benzene rings is 1. The van der Waals surface area contributed by atoms with Crippen LogP contribution in [0.4, 0.5) is 4.39 Å². The average Bonchev–Trinajstić information content (AvgIpc) is 2.75. The van der Waals surface area contributed by atoms with Crippen LogP contribution >= 0.6 is 11.3 Å². The van der Waals surface area contributed by atoms with Crippen LogP contribution in [0.5, 0.6) is 0 Å². The smallest absolute Gasteiger partial charge is 0.261 e. The largest absolute Gasteiger partial charge is 0.396 e. The Labute approximate surface area is 121 Å². The van der Waals surface area contributed by atoms with Crippen molar-refractivity contribution < 1.29 is 14.3 Å².